The van der Waals surface area contributed by atoms with Crippen LogP contribution in [0, 0.1) is 5.92 Å². The summed E-state index contributed by atoms with van der Waals surface area (Å²) in [5.41, 5.74) is 1.92. The van der Waals surface area contributed by atoms with Gasteiger partial charge in [0.1, 0.15) is 0 Å². The van der Waals surface area contributed by atoms with Crippen molar-refractivity contribution in [1.82, 2.24) is 10.3 Å². The van der Waals surface area contributed by atoms with Crippen LogP contribution in [0.25, 0.3) is 0 Å². The molecule has 16 heavy (non-hydrogen) atoms. The van der Waals surface area contributed by atoms with Crippen LogP contribution in [0.1, 0.15) is 56.9 Å². The van der Waals surface area contributed by atoms with E-state index < -0.39 is 0 Å². The smallest absolute Gasteiger partial charge is 0.0794 e. The number of aromatic nitrogens is 1. The van der Waals surface area contributed by atoms with Crippen LogP contribution in [0.4, 0.5) is 0 Å². The quantitative estimate of drug-likeness (QED) is 0.864. The number of hydrogen-bond acceptors (Lipinski definition) is 3. The van der Waals surface area contributed by atoms with Crippen LogP contribution in [0.3, 0.4) is 0 Å². The van der Waals surface area contributed by atoms with Gasteiger partial charge >= 0.3 is 0 Å². The molecule has 1 N–H and O–H groups in total. The lowest BCUT2D eigenvalue weighted by Gasteiger charge is -2.31. The van der Waals surface area contributed by atoms with Crippen molar-refractivity contribution in [1.29, 1.82) is 0 Å². The predicted octanol–water partition coefficient (Wildman–Crippen LogP) is 3.76. The molecule has 0 aliphatic heterocycles. The second-order valence-corrected chi connectivity index (χ2v) is 5.85. The Morgan fingerprint density at radius 1 is 1.56 bits per heavy atom. The molecule has 1 aliphatic rings. The van der Waals surface area contributed by atoms with Gasteiger partial charge in [0.05, 0.1) is 5.51 Å². The van der Waals surface area contributed by atoms with Crippen molar-refractivity contribution in [2.75, 3.05) is 0 Å². The van der Waals surface area contributed by atoms with Crippen LogP contribution in [0.2, 0.25) is 0 Å². The molecule has 0 spiro atoms. The first kappa shape index (κ1) is 12.1. The third kappa shape index (κ3) is 3.05. The van der Waals surface area contributed by atoms with Gasteiger partial charge in [-0.2, -0.15) is 0 Å². The Bertz CT molecular complexity index is 297. The van der Waals surface area contributed by atoms with Crippen LogP contribution < -0.4 is 5.32 Å². The lowest BCUT2D eigenvalue weighted by molar-refractivity contribution is 0.266. The predicted molar refractivity (Wildman–Crippen MR) is 69.7 cm³/mol. The Balaban J connectivity index is 1.84. The Kier molecular flexibility index (Phi) is 4.36. The first-order valence-corrected chi connectivity index (χ1v) is 7.32. The van der Waals surface area contributed by atoms with Crippen molar-refractivity contribution in [3.63, 3.8) is 0 Å². The first-order valence-electron chi connectivity index (χ1n) is 6.44. The van der Waals surface area contributed by atoms with Gasteiger partial charge in [-0.15, -0.1) is 11.3 Å². The summed E-state index contributed by atoms with van der Waals surface area (Å²) in [6.07, 6.45) is 8.87. The van der Waals surface area contributed by atoms with Crippen molar-refractivity contribution in [3.8, 4) is 0 Å². The Labute approximate surface area is 102 Å². The molecule has 0 bridgehead atoms. The molecule has 0 amide bonds. The molecule has 90 valence electrons. The minimum atomic E-state index is 0.466. The average molecular weight is 238 g/mol. The SMILES string of the molecule is CCC1CCCC(NC(C)c2cncs2)C1. The molecule has 0 saturated heterocycles. The van der Waals surface area contributed by atoms with Crippen LogP contribution >= 0.6 is 11.3 Å². The van der Waals surface area contributed by atoms with Crippen molar-refractivity contribution in [2.45, 2.75) is 58.0 Å². The minimum absolute atomic E-state index is 0.466. The van der Waals surface area contributed by atoms with E-state index in [-0.39, 0.29) is 0 Å². The summed E-state index contributed by atoms with van der Waals surface area (Å²) in [4.78, 5) is 5.51. The third-order valence-electron chi connectivity index (χ3n) is 3.72. The van der Waals surface area contributed by atoms with Crippen LogP contribution in [-0.2, 0) is 0 Å². The van der Waals surface area contributed by atoms with E-state index in [4.69, 9.17) is 0 Å². The third-order valence-corrected chi connectivity index (χ3v) is 4.68. The molecule has 1 aliphatic carbocycles. The molecule has 0 radical (unpaired) electrons. The highest BCUT2D eigenvalue weighted by Crippen LogP contribution is 2.28. The van der Waals surface area contributed by atoms with Crippen LogP contribution in [-0.4, -0.2) is 11.0 Å². The van der Waals surface area contributed by atoms with E-state index in [0.29, 0.717) is 6.04 Å². The zero-order chi connectivity index (χ0) is 11.4. The zero-order valence-corrected chi connectivity index (χ0v) is 11.1. The van der Waals surface area contributed by atoms with E-state index in [0.717, 1.165) is 12.0 Å². The molecule has 1 fully saturated rings. The summed E-state index contributed by atoms with van der Waals surface area (Å²) in [5, 5.41) is 3.76. The van der Waals surface area contributed by atoms with Crippen molar-refractivity contribution in [3.05, 3.63) is 16.6 Å². The number of thiazole rings is 1. The van der Waals surface area contributed by atoms with Gasteiger partial charge in [0.15, 0.2) is 0 Å². The van der Waals surface area contributed by atoms with E-state index in [1.54, 1.807) is 11.3 Å². The maximum Gasteiger partial charge on any atom is 0.0794 e. The molecule has 3 atom stereocenters. The summed E-state index contributed by atoms with van der Waals surface area (Å²) in [7, 11) is 0. The molecule has 1 saturated carbocycles. The van der Waals surface area contributed by atoms with Gasteiger partial charge in [-0.05, 0) is 25.7 Å². The highest BCUT2D eigenvalue weighted by atomic mass is 32.1. The Hall–Kier alpha value is -0.410. The fraction of sp³-hybridized carbons (Fsp3) is 0.769. The average Bonchev–Trinajstić information content (AvgIpc) is 2.83. The van der Waals surface area contributed by atoms with Gasteiger partial charge in [-0.25, -0.2) is 0 Å². The highest BCUT2D eigenvalue weighted by Gasteiger charge is 2.22. The fourth-order valence-electron chi connectivity index (χ4n) is 2.69. The van der Waals surface area contributed by atoms with Gasteiger partial charge in [0.25, 0.3) is 0 Å². The lowest BCUT2D eigenvalue weighted by Crippen LogP contribution is -2.35. The van der Waals surface area contributed by atoms with Crippen LogP contribution in [0.15, 0.2) is 11.7 Å². The minimum Gasteiger partial charge on any atom is -0.307 e. The fourth-order valence-corrected chi connectivity index (χ4v) is 3.33. The van der Waals surface area contributed by atoms with Crippen molar-refractivity contribution < 1.29 is 0 Å². The molecular formula is C13H22N2S. The van der Waals surface area contributed by atoms with Gasteiger partial charge < -0.3 is 5.32 Å². The second kappa shape index (κ2) is 5.78. The second-order valence-electron chi connectivity index (χ2n) is 4.93. The van der Waals surface area contributed by atoms with E-state index in [2.05, 4.69) is 24.1 Å². The number of hydrogen-bond donors (Lipinski definition) is 1. The monoisotopic (exact) mass is 238 g/mol. The molecule has 2 rings (SSSR count). The maximum atomic E-state index is 4.15. The topological polar surface area (TPSA) is 24.9 Å². The number of rotatable bonds is 4. The summed E-state index contributed by atoms with van der Waals surface area (Å²) >= 11 is 1.75. The standard InChI is InChI=1S/C13H22N2S/c1-3-11-5-4-6-12(7-11)15-10(2)13-8-14-9-16-13/h8-12,15H,3-7H2,1-2H3. The first-order chi connectivity index (χ1) is 7.79. The zero-order valence-electron chi connectivity index (χ0n) is 10.3. The van der Waals surface area contributed by atoms with Crippen molar-refractivity contribution >= 4 is 11.3 Å². The molecule has 1 heterocycles. The van der Waals surface area contributed by atoms with Gasteiger partial charge in [-0.1, -0.05) is 26.2 Å². The Morgan fingerprint density at radius 2 is 2.44 bits per heavy atom. The summed E-state index contributed by atoms with van der Waals surface area (Å²) < 4.78 is 0. The highest BCUT2D eigenvalue weighted by molar-refractivity contribution is 7.09. The molecule has 3 unspecified atom stereocenters. The van der Waals surface area contributed by atoms with Crippen molar-refractivity contribution in [2.24, 2.45) is 5.92 Å². The van der Waals surface area contributed by atoms with Crippen LogP contribution in [0.5, 0.6) is 0 Å². The molecule has 3 heteroatoms. The number of nitrogens with one attached hydrogen (secondary N) is 1. The largest absolute Gasteiger partial charge is 0.307 e. The Morgan fingerprint density at radius 3 is 3.12 bits per heavy atom. The lowest BCUT2D eigenvalue weighted by atomic mass is 9.84. The normalized spacial score (nSPS) is 27.9. The van der Waals surface area contributed by atoms with Gasteiger partial charge in [-0.3, -0.25) is 4.98 Å². The molecule has 2 nitrogen and oxygen atoms in total. The molecule has 1 aromatic heterocycles. The summed E-state index contributed by atoms with van der Waals surface area (Å²) in [6.45, 7) is 4.57. The molecule has 0 aromatic carbocycles. The summed E-state index contributed by atoms with van der Waals surface area (Å²) in [6, 6.07) is 1.18. The van der Waals surface area contributed by atoms with E-state index in [1.807, 2.05) is 11.7 Å². The molecule has 1 aromatic rings. The maximum absolute atomic E-state index is 4.15. The number of nitrogens with zero attached hydrogens (tertiary/aromatic N) is 1. The van der Waals surface area contributed by atoms with E-state index >= 15 is 0 Å². The summed E-state index contributed by atoms with van der Waals surface area (Å²) in [5.74, 6) is 0.944. The van der Waals surface area contributed by atoms with E-state index in [1.165, 1.54) is 37.0 Å². The van der Waals surface area contributed by atoms with Gasteiger partial charge in [0, 0.05) is 23.2 Å². The molecular weight excluding hydrogens is 216 g/mol. The van der Waals surface area contributed by atoms with Gasteiger partial charge in [0.2, 0.25) is 0 Å². The van der Waals surface area contributed by atoms with E-state index in [9.17, 15) is 0 Å².